The molecule has 7 heteroatoms. The number of benzene rings is 1. The number of amides is 1. The highest BCUT2D eigenvalue weighted by Crippen LogP contribution is 2.35. The minimum absolute atomic E-state index is 0.162. The fraction of sp³-hybridized carbons (Fsp3) is 0.154. The Morgan fingerprint density at radius 1 is 1.25 bits per heavy atom. The lowest BCUT2D eigenvalue weighted by Crippen LogP contribution is -2.12. The number of anilines is 1. The highest BCUT2D eigenvalue weighted by molar-refractivity contribution is 9.13. The summed E-state index contributed by atoms with van der Waals surface area (Å²) in [5.41, 5.74) is 1.61. The number of nitrogens with one attached hydrogen (secondary N) is 1. The third-order valence-corrected chi connectivity index (χ3v) is 6.30. The summed E-state index contributed by atoms with van der Waals surface area (Å²) in [6, 6.07) is 5.53. The van der Waals surface area contributed by atoms with Gasteiger partial charge in [-0.15, -0.1) is 11.3 Å². The third-order valence-electron chi connectivity index (χ3n) is 2.59. The smallest absolute Gasteiger partial charge is 0.265 e. The Balaban J connectivity index is 2.32. The molecule has 1 heterocycles. The van der Waals surface area contributed by atoms with Crippen LogP contribution in [-0.2, 0) is 0 Å². The van der Waals surface area contributed by atoms with Crippen molar-refractivity contribution in [1.82, 2.24) is 0 Å². The molecule has 0 saturated carbocycles. The van der Waals surface area contributed by atoms with Gasteiger partial charge in [0, 0.05) is 8.95 Å². The van der Waals surface area contributed by atoms with Crippen molar-refractivity contribution in [2.45, 2.75) is 6.92 Å². The van der Waals surface area contributed by atoms with Gasteiger partial charge in [-0.3, -0.25) is 4.79 Å². The van der Waals surface area contributed by atoms with E-state index in [4.69, 9.17) is 4.74 Å². The van der Waals surface area contributed by atoms with Crippen molar-refractivity contribution >= 4 is 70.7 Å². The van der Waals surface area contributed by atoms with Crippen LogP contribution in [0.2, 0.25) is 0 Å². The molecular formula is C13H10Br3NO2S. The first-order valence-corrected chi connectivity index (χ1v) is 8.72. The summed E-state index contributed by atoms with van der Waals surface area (Å²) in [5, 5.41) is 2.90. The van der Waals surface area contributed by atoms with E-state index in [-0.39, 0.29) is 5.91 Å². The fourth-order valence-electron chi connectivity index (χ4n) is 1.67. The first-order chi connectivity index (χ1) is 9.42. The molecule has 0 aliphatic rings. The van der Waals surface area contributed by atoms with E-state index in [9.17, 15) is 4.79 Å². The number of rotatable bonds is 3. The van der Waals surface area contributed by atoms with Crippen molar-refractivity contribution in [2.75, 3.05) is 12.4 Å². The second-order valence-corrected chi connectivity index (χ2v) is 8.13. The lowest BCUT2D eigenvalue weighted by Gasteiger charge is -2.13. The van der Waals surface area contributed by atoms with Crippen molar-refractivity contribution in [2.24, 2.45) is 0 Å². The molecule has 1 N–H and O–H groups in total. The average Bonchev–Trinajstić information content (AvgIpc) is 2.72. The Morgan fingerprint density at radius 3 is 2.50 bits per heavy atom. The second-order valence-electron chi connectivity index (χ2n) is 3.99. The van der Waals surface area contributed by atoms with Crippen LogP contribution in [0.25, 0.3) is 0 Å². The van der Waals surface area contributed by atoms with Crippen molar-refractivity contribution in [3.63, 3.8) is 0 Å². The van der Waals surface area contributed by atoms with E-state index >= 15 is 0 Å². The summed E-state index contributed by atoms with van der Waals surface area (Å²) < 4.78 is 7.98. The SMILES string of the molecule is COc1cc(Br)cc(C)c1NC(=O)c1cc(Br)c(Br)s1. The minimum Gasteiger partial charge on any atom is -0.495 e. The first kappa shape index (κ1) is 16.0. The van der Waals surface area contributed by atoms with E-state index in [1.807, 2.05) is 19.1 Å². The average molecular weight is 484 g/mol. The lowest BCUT2D eigenvalue weighted by atomic mass is 10.2. The van der Waals surface area contributed by atoms with Crippen LogP contribution in [0.5, 0.6) is 5.75 Å². The van der Waals surface area contributed by atoms with Gasteiger partial charge in [0.25, 0.3) is 5.91 Å². The van der Waals surface area contributed by atoms with Gasteiger partial charge in [-0.1, -0.05) is 15.9 Å². The van der Waals surface area contributed by atoms with E-state index in [1.165, 1.54) is 11.3 Å². The van der Waals surface area contributed by atoms with E-state index in [2.05, 4.69) is 53.1 Å². The van der Waals surface area contributed by atoms with Crippen LogP contribution >= 0.6 is 59.1 Å². The largest absolute Gasteiger partial charge is 0.495 e. The van der Waals surface area contributed by atoms with Gasteiger partial charge in [-0.25, -0.2) is 0 Å². The number of carbonyl (C=O) groups excluding carboxylic acids is 1. The van der Waals surface area contributed by atoms with Crippen molar-refractivity contribution in [3.05, 3.63) is 41.4 Å². The highest BCUT2D eigenvalue weighted by atomic mass is 79.9. The van der Waals surface area contributed by atoms with Gasteiger partial charge in [0.15, 0.2) is 0 Å². The van der Waals surface area contributed by atoms with Crippen LogP contribution in [0.3, 0.4) is 0 Å². The van der Waals surface area contributed by atoms with E-state index in [1.54, 1.807) is 13.2 Å². The molecule has 0 aliphatic heterocycles. The molecule has 0 spiro atoms. The Kier molecular flexibility index (Phi) is 5.28. The van der Waals surface area contributed by atoms with Gasteiger partial charge >= 0.3 is 0 Å². The van der Waals surface area contributed by atoms with Crippen molar-refractivity contribution < 1.29 is 9.53 Å². The van der Waals surface area contributed by atoms with Gasteiger partial charge in [-0.2, -0.15) is 0 Å². The second kappa shape index (κ2) is 6.60. The molecular weight excluding hydrogens is 474 g/mol. The number of hydrogen-bond donors (Lipinski definition) is 1. The Morgan fingerprint density at radius 2 is 1.95 bits per heavy atom. The van der Waals surface area contributed by atoms with Crippen LogP contribution in [0.1, 0.15) is 15.2 Å². The monoisotopic (exact) mass is 481 g/mol. The molecule has 20 heavy (non-hydrogen) atoms. The Bertz CT molecular complexity index is 650. The summed E-state index contributed by atoms with van der Waals surface area (Å²) in [7, 11) is 1.58. The third kappa shape index (κ3) is 3.44. The molecule has 1 aromatic heterocycles. The number of hydrogen-bond acceptors (Lipinski definition) is 3. The fourth-order valence-corrected chi connectivity index (χ4v) is 4.15. The summed E-state index contributed by atoms with van der Waals surface area (Å²) in [4.78, 5) is 12.9. The molecule has 1 amide bonds. The number of ether oxygens (including phenoxy) is 1. The maximum atomic E-state index is 12.3. The van der Waals surface area contributed by atoms with E-state index in [0.29, 0.717) is 16.3 Å². The summed E-state index contributed by atoms with van der Waals surface area (Å²) in [6.07, 6.45) is 0. The van der Waals surface area contributed by atoms with Gasteiger partial charge in [0.05, 0.1) is 21.5 Å². The van der Waals surface area contributed by atoms with Gasteiger partial charge < -0.3 is 10.1 Å². The molecule has 0 unspecified atom stereocenters. The maximum absolute atomic E-state index is 12.3. The first-order valence-electron chi connectivity index (χ1n) is 5.52. The van der Waals surface area contributed by atoms with Crippen molar-refractivity contribution in [1.29, 1.82) is 0 Å². The number of methoxy groups -OCH3 is 1. The zero-order chi connectivity index (χ0) is 14.9. The molecule has 0 bridgehead atoms. The number of aryl methyl sites for hydroxylation is 1. The molecule has 0 aliphatic carbocycles. The van der Waals surface area contributed by atoms with Crippen LogP contribution in [0.4, 0.5) is 5.69 Å². The lowest BCUT2D eigenvalue weighted by molar-refractivity contribution is 0.103. The predicted octanol–water partition coefficient (Wildman–Crippen LogP) is 5.60. The van der Waals surface area contributed by atoms with E-state index < -0.39 is 0 Å². The normalized spacial score (nSPS) is 10.4. The zero-order valence-electron chi connectivity index (χ0n) is 10.6. The summed E-state index contributed by atoms with van der Waals surface area (Å²) in [6.45, 7) is 1.92. The highest BCUT2D eigenvalue weighted by Gasteiger charge is 2.16. The molecule has 0 fully saturated rings. The van der Waals surface area contributed by atoms with Gasteiger partial charge in [-0.05, 0) is 62.5 Å². The molecule has 1 aromatic carbocycles. The topological polar surface area (TPSA) is 38.3 Å². The van der Waals surface area contributed by atoms with Gasteiger partial charge in [0.2, 0.25) is 0 Å². The Hall–Kier alpha value is -0.370. The quantitative estimate of drug-likeness (QED) is 0.616. The summed E-state index contributed by atoms with van der Waals surface area (Å²) in [5.74, 6) is 0.463. The predicted molar refractivity (Wildman–Crippen MR) is 93.1 cm³/mol. The number of thiophene rings is 1. The standard InChI is InChI=1S/C13H10Br3NO2S/c1-6-3-7(14)4-9(19-2)11(6)17-13(18)10-5-8(15)12(16)20-10/h3-5H,1-2H3,(H,17,18). The molecule has 0 radical (unpaired) electrons. The maximum Gasteiger partial charge on any atom is 0.265 e. The molecule has 3 nitrogen and oxygen atoms in total. The van der Waals surface area contributed by atoms with Gasteiger partial charge in [0.1, 0.15) is 5.75 Å². The summed E-state index contributed by atoms with van der Waals surface area (Å²) >= 11 is 11.5. The van der Waals surface area contributed by atoms with Crippen LogP contribution < -0.4 is 10.1 Å². The number of halogens is 3. The van der Waals surface area contributed by atoms with Crippen molar-refractivity contribution in [3.8, 4) is 5.75 Å². The molecule has 106 valence electrons. The molecule has 2 aromatic rings. The zero-order valence-corrected chi connectivity index (χ0v) is 16.2. The van der Waals surface area contributed by atoms with Crippen LogP contribution in [0, 0.1) is 6.92 Å². The molecule has 0 saturated heterocycles. The molecule has 2 rings (SSSR count). The Labute approximate surface area is 146 Å². The van der Waals surface area contributed by atoms with Crippen LogP contribution in [-0.4, -0.2) is 13.0 Å². The number of carbonyl (C=O) groups is 1. The van der Waals surface area contributed by atoms with Crippen LogP contribution in [0.15, 0.2) is 30.9 Å². The van der Waals surface area contributed by atoms with E-state index in [0.717, 1.165) is 18.3 Å². The minimum atomic E-state index is -0.162. The molecule has 0 atom stereocenters.